The van der Waals surface area contributed by atoms with Crippen molar-refractivity contribution in [2.45, 2.75) is 32.7 Å². The Bertz CT molecular complexity index is 389. The molecule has 0 heterocycles. The summed E-state index contributed by atoms with van der Waals surface area (Å²) in [5.41, 5.74) is 7.16. The molecule has 0 aliphatic rings. The van der Waals surface area contributed by atoms with Gasteiger partial charge >= 0.3 is 0 Å². The van der Waals surface area contributed by atoms with Gasteiger partial charge in [-0.05, 0) is 32.4 Å². The van der Waals surface area contributed by atoms with E-state index in [-0.39, 0.29) is 0 Å². The van der Waals surface area contributed by atoms with Crippen LogP contribution in [-0.4, -0.2) is 43.6 Å². The quantitative estimate of drug-likeness (QED) is 0.563. The molecule has 4 heteroatoms. The number of nitrogens with two attached hydrogens (primary N) is 1. The van der Waals surface area contributed by atoms with Crippen LogP contribution in [0, 0.1) is 0 Å². The molecular weight excluding hydrogens is 248 g/mol. The first-order valence-electron chi connectivity index (χ1n) is 7.41. The molecular formula is C16H28N4. The number of guanidine groups is 1. The fraction of sp³-hybridized carbons (Fsp3) is 0.562. The average Bonchev–Trinajstić information content (AvgIpc) is 2.47. The van der Waals surface area contributed by atoms with E-state index in [1.54, 1.807) is 0 Å². The molecule has 0 amide bonds. The van der Waals surface area contributed by atoms with E-state index in [1.807, 2.05) is 6.07 Å². The second kappa shape index (κ2) is 9.37. The Balaban J connectivity index is 2.19. The van der Waals surface area contributed by atoms with Gasteiger partial charge in [0.05, 0.1) is 6.54 Å². The molecule has 112 valence electrons. The zero-order chi connectivity index (χ0) is 14.8. The van der Waals surface area contributed by atoms with Crippen molar-refractivity contribution in [1.82, 2.24) is 10.2 Å². The van der Waals surface area contributed by atoms with Crippen LogP contribution < -0.4 is 11.1 Å². The molecule has 0 aliphatic heterocycles. The van der Waals surface area contributed by atoms with E-state index in [2.05, 4.69) is 60.4 Å². The zero-order valence-electron chi connectivity index (χ0n) is 13.0. The Morgan fingerprint density at radius 2 is 2.05 bits per heavy atom. The van der Waals surface area contributed by atoms with E-state index in [0.29, 0.717) is 12.0 Å². The summed E-state index contributed by atoms with van der Waals surface area (Å²) in [6.45, 7) is 6.93. The van der Waals surface area contributed by atoms with Crippen LogP contribution in [0.4, 0.5) is 0 Å². The molecule has 0 spiro atoms. The number of nitrogens with zero attached hydrogens (tertiary/aromatic N) is 2. The predicted molar refractivity (Wildman–Crippen MR) is 87.0 cm³/mol. The number of nitrogens with one attached hydrogen (secondary N) is 1. The monoisotopic (exact) mass is 276 g/mol. The SMILES string of the molecule is CCC(C)N(C)CCN=C(N)NCCc1ccccc1. The van der Waals surface area contributed by atoms with E-state index in [1.165, 1.54) is 5.56 Å². The number of benzene rings is 1. The van der Waals surface area contributed by atoms with Gasteiger partial charge in [-0.2, -0.15) is 0 Å². The minimum absolute atomic E-state index is 0.540. The molecule has 1 rings (SSSR count). The molecule has 0 saturated heterocycles. The van der Waals surface area contributed by atoms with Crippen molar-refractivity contribution in [2.75, 3.05) is 26.7 Å². The third kappa shape index (κ3) is 6.57. The Labute approximate surface area is 123 Å². The van der Waals surface area contributed by atoms with Crippen LogP contribution in [0.25, 0.3) is 0 Å². The lowest BCUT2D eigenvalue weighted by Gasteiger charge is -2.22. The van der Waals surface area contributed by atoms with Gasteiger partial charge < -0.3 is 16.0 Å². The minimum Gasteiger partial charge on any atom is -0.370 e. The van der Waals surface area contributed by atoms with Gasteiger partial charge in [-0.25, -0.2) is 0 Å². The lowest BCUT2D eigenvalue weighted by Crippen LogP contribution is -2.35. The van der Waals surface area contributed by atoms with Gasteiger partial charge in [0.1, 0.15) is 0 Å². The molecule has 3 N–H and O–H groups in total. The number of aliphatic imine (C=N–C) groups is 1. The van der Waals surface area contributed by atoms with Crippen LogP contribution in [0.1, 0.15) is 25.8 Å². The largest absolute Gasteiger partial charge is 0.370 e. The van der Waals surface area contributed by atoms with E-state index in [4.69, 9.17) is 5.73 Å². The maximum atomic E-state index is 5.85. The van der Waals surface area contributed by atoms with Crippen molar-refractivity contribution in [3.05, 3.63) is 35.9 Å². The van der Waals surface area contributed by atoms with Gasteiger partial charge in [-0.1, -0.05) is 37.3 Å². The fourth-order valence-corrected chi connectivity index (χ4v) is 1.90. The summed E-state index contributed by atoms with van der Waals surface area (Å²) in [6, 6.07) is 11.0. The van der Waals surface area contributed by atoms with Gasteiger partial charge in [-0.3, -0.25) is 4.99 Å². The van der Waals surface area contributed by atoms with Crippen LogP contribution >= 0.6 is 0 Å². The van der Waals surface area contributed by atoms with E-state index in [9.17, 15) is 0 Å². The Morgan fingerprint density at radius 3 is 2.70 bits per heavy atom. The lowest BCUT2D eigenvalue weighted by atomic mass is 10.1. The smallest absolute Gasteiger partial charge is 0.188 e. The highest BCUT2D eigenvalue weighted by atomic mass is 15.1. The highest BCUT2D eigenvalue weighted by Gasteiger charge is 2.05. The van der Waals surface area contributed by atoms with Crippen molar-refractivity contribution >= 4 is 5.96 Å². The van der Waals surface area contributed by atoms with Crippen LogP contribution in [0.5, 0.6) is 0 Å². The summed E-state index contributed by atoms with van der Waals surface area (Å²) in [5.74, 6) is 0.540. The fourth-order valence-electron chi connectivity index (χ4n) is 1.90. The Kier molecular flexibility index (Phi) is 7.73. The normalized spacial score (nSPS) is 13.5. The van der Waals surface area contributed by atoms with Crippen molar-refractivity contribution in [3.8, 4) is 0 Å². The summed E-state index contributed by atoms with van der Waals surface area (Å²) in [7, 11) is 2.13. The number of hydrogen-bond donors (Lipinski definition) is 2. The molecule has 0 fully saturated rings. The molecule has 20 heavy (non-hydrogen) atoms. The number of rotatable bonds is 8. The molecule has 0 aromatic heterocycles. The maximum absolute atomic E-state index is 5.85. The standard InChI is InChI=1S/C16H28N4/c1-4-14(2)20(3)13-12-19-16(17)18-11-10-15-8-6-5-7-9-15/h5-9,14H,4,10-13H2,1-3H3,(H3,17,18,19). The number of likely N-dealkylation sites (N-methyl/N-ethyl adjacent to an activating group) is 1. The van der Waals surface area contributed by atoms with Gasteiger partial charge in [0.25, 0.3) is 0 Å². The van der Waals surface area contributed by atoms with Crippen molar-refractivity contribution in [2.24, 2.45) is 10.7 Å². The summed E-state index contributed by atoms with van der Waals surface area (Å²) in [5, 5.41) is 3.16. The van der Waals surface area contributed by atoms with E-state index >= 15 is 0 Å². The van der Waals surface area contributed by atoms with Crippen LogP contribution in [0.2, 0.25) is 0 Å². The molecule has 1 atom stereocenters. The highest BCUT2D eigenvalue weighted by molar-refractivity contribution is 5.77. The predicted octanol–water partition coefficient (Wildman–Crippen LogP) is 1.86. The topological polar surface area (TPSA) is 53.6 Å². The number of hydrogen-bond acceptors (Lipinski definition) is 2. The Hall–Kier alpha value is -1.55. The van der Waals surface area contributed by atoms with Crippen LogP contribution in [0.3, 0.4) is 0 Å². The van der Waals surface area contributed by atoms with Crippen molar-refractivity contribution < 1.29 is 0 Å². The third-order valence-electron chi connectivity index (χ3n) is 3.64. The van der Waals surface area contributed by atoms with Gasteiger partial charge in [0.15, 0.2) is 5.96 Å². The molecule has 1 aromatic rings. The lowest BCUT2D eigenvalue weighted by molar-refractivity contribution is 0.259. The molecule has 4 nitrogen and oxygen atoms in total. The first-order chi connectivity index (χ1) is 9.63. The highest BCUT2D eigenvalue weighted by Crippen LogP contribution is 1.99. The van der Waals surface area contributed by atoms with Gasteiger partial charge in [-0.15, -0.1) is 0 Å². The summed E-state index contributed by atoms with van der Waals surface area (Å²) < 4.78 is 0. The first kappa shape index (κ1) is 16.5. The molecule has 0 radical (unpaired) electrons. The Morgan fingerprint density at radius 1 is 1.35 bits per heavy atom. The van der Waals surface area contributed by atoms with Gasteiger partial charge in [0, 0.05) is 19.1 Å². The molecule has 1 aromatic carbocycles. The molecule has 0 bridgehead atoms. The second-order valence-corrected chi connectivity index (χ2v) is 5.17. The van der Waals surface area contributed by atoms with Crippen molar-refractivity contribution in [3.63, 3.8) is 0 Å². The zero-order valence-corrected chi connectivity index (χ0v) is 13.0. The van der Waals surface area contributed by atoms with Crippen LogP contribution in [-0.2, 0) is 6.42 Å². The maximum Gasteiger partial charge on any atom is 0.188 e. The van der Waals surface area contributed by atoms with Crippen molar-refractivity contribution in [1.29, 1.82) is 0 Å². The molecule has 1 unspecified atom stereocenters. The summed E-state index contributed by atoms with van der Waals surface area (Å²) >= 11 is 0. The van der Waals surface area contributed by atoms with E-state index in [0.717, 1.165) is 32.5 Å². The van der Waals surface area contributed by atoms with E-state index < -0.39 is 0 Å². The average molecular weight is 276 g/mol. The molecule has 0 saturated carbocycles. The third-order valence-corrected chi connectivity index (χ3v) is 3.64. The minimum atomic E-state index is 0.540. The summed E-state index contributed by atoms with van der Waals surface area (Å²) in [4.78, 5) is 6.66. The molecule has 0 aliphatic carbocycles. The van der Waals surface area contributed by atoms with Crippen LogP contribution in [0.15, 0.2) is 35.3 Å². The summed E-state index contributed by atoms with van der Waals surface area (Å²) in [6.07, 6.45) is 2.12. The van der Waals surface area contributed by atoms with Gasteiger partial charge in [0.2, 0.25) is 0 Å². The second-order valence-electron chi connectivity index (χ2n) is 5.17. The first-order valence-corrected chi connectivity index (χ1v) is 7.41.